The number of amidine groups is 1. The number of hydrogen-bond donors (Lipinski definition) is 1. The van der Waals surface area contributed by atoms with Gasteiger partial charge in [0.1, 0.15) is 11.5 Å². The van der Waals surface area contributed by atoms with Crippen LogP contribution in [0.2, 0.25) is 0 Å². The van der Waals surface area contributed by atoms with Gasteiger partial charge in [0.2, 0.25) is 0 Å². The molecule has 0 saturated carbocycles. The van der Waals surface area contributed by atoms with Gasteiger partial charge in [0.05, 0.1) is 25.4 Å². The highest BCUT2D eigenvalue weighted by molar-refractivity contribution is 7.98. The van der Waals surface area contributed by atoms with Gasteiger partial charge in [-0.2, -0.15) is 11.8 Å². The highest BCUT2D eigenvalue weighted by Crippen LogP contribution is 2.16. The number of aliphatic imine (C=N–C) groups is 1. The molecule has 1 N–H and O–H groups in total. The molecule has 1 heterocycles. The maximum Gasteiger partial charge on any atom is 0.259 e. The van der Waals surface area contributed by atoms with Crippen LogP contribution in [0.5, 0.6) is 0 Å². The summed E-state index contributed by atoms with van der Waals surface area (Å²) in [6, 6.07) is 3.99. The van der Waals surface area contributed by atoms with E-state index in [0.29, 0.717) is 12.4 Å². The molecule has 7 nitrogen and oxygen atoms in total. The lowest BCUT2D eigenvalue weighted by molar-refractivity contribution is -0.463. The smallest absolute Gasteiger partial charge is 0.259 e. The molecule has 0 aliphatic carbocycles. The normalized spacial score (nSPS) is 11.5. The Morgan fingerprint density at radius 1 is 1.54 bits per heavy atom. The third-order valence-electron chi connectivity index (χ3n) is 3.14. The second kappa shape index (κ2) is 11.5. The average molecular weight is 352 g/mol. The molecular weight excluding hydrogens is 328 g/mol. The molecule has 0 bridgehead atoms. The molecule has 1 aromatic heterocycles. The van der Waals surface area contributed by atoms with Crippen molar-refractivity contribution in [2.75, 3.05) is 39.0 Å². The van der Waals surface area contributed by atoms with Crippen molar-refractivity contribution in [3.8, 4) is 12.3 Å². The van der Waals surface area contributed by atoms with Gasteiger partial charge in [-0.15, -0.1) is 6.42 Å². The summed E-state index contributed by atoms with van der Waals surface area (Å²) in [6.45, 7) is 4.28. The number of terminal acetylenes is 1. The molecule has 24 heavy (non-hydrogen) atoms. The van der Waals surface area contributed by atoms with Gasteiger partial charge in [-0.1, -0.05) is 12.8 Å². The molecule has 0 unspecified atom stereocenters. The van der Waals surface area contributed by atoms with Crippen molar-refractivity contribution in [3.63, 3.8) is 0 Å². The average Bonchev–Trinajstić information content (AvgIpc) is 2.98. The fraction of sp³-hybridized carbons (Fsp3) is 0.562. The highest BCUT2D eigenvalue weighted by atomic mass is 32.2. The first-order chi connectivity index (χ1) is 11.5. The number of furan rings is 1. The van der Waals surface area contributed by atoms with E-state index < -0.39 is 4.92 Å². The Morgan fingerprint density at radius 3 is 2.96 bits per heavy atom. The third-order valence-corrected chi connectivity index (χ3v) is 4.10. The molecule has 0 aliphatic rings. The van der Waals surface area contributed by atoms with Gasteiger partial charge in [-0.3, -0.25) is 20.0 Å². The van der Waals surface area contributed by atoms with Crippen LogP contribution in [0.3, 0.4) is 0 Å². The first kappa shape index (κ1) is 20.1. The molecular formula is C16H24N4O3S. The van der Waals surface area contributed by atoms with Crippen LogP contribution in [0.4, 0.5) is 0 Å². The van der Waals surface area contributed by atoms with Gasteiger partial charge >= 0.3 is 0 Å². The molecule has 0 fully saturated rings. The number of nitrogens with one attached hydrogen (secondary N) is 1. The summed E-state index contributed by atoms with van der Waals surface area (Å²) >= 11 is 1.68. The number of nitrogens with zero attached hydrogens (tertiary/aromatic N) is 3. The standard InChI is InChI=1S/C16H24N4O3S/c1-4-8-17-16(12-20(21)22)18-9-10-24-13-15-7-6-14(23-15)11-19(3)5-2/h1,6-7H,5,8-13H2,2-3H3,(H,17,18). The zero-order valence-corrected chi connectivity index (χ0v) is 15.0. The molecule has 0 spiro atoms. The van der Waals surface area contributed by atoms with E-state index in [0.717, 1.165) is 36.1 Å². The number of rotatable bonds is 11. The van der Waals surface area contributed by atoms with Crippen LogP contribution >= 0.6 is 11.8 Å². The first-order valence-electron chi connectivity index (χ1n) is 7.71. The van der Waals surface area contributed by atoms with E-state index in [1.165, 1.54) is 0 Å². The van der Waals surface area contributed by atoms with Crippen molar-refractivity contribution < 1.29 is 9.34 Å². The van der Waals surface area contributed by atoms with Crippen molar-refractivity contribution in [1.29, 1.82) is 0 Å². The zero-order chi connectivity index (χ0) is 17.8. The lowest BCUT2D eigenvalue weighted by atomic mass is 10.4. The molecule has 0 saturated heterocycles. The molecule has 1 aromatic rings. The van der Waals surface area contributed by atoms with Crippen LogP contribution in [-0.2, 0) is 12.3 Å². The van der Waals surface area contributed by atoms with E-state index >= 15 is 0 Å². The quantitative estimate of drug-likeness (QED) is 0.163. The SMILES string of the molecule is C#CCNC(C[N+](=O)[O-])=NCCSCc1ccc(CN(C)CC)o1. The van der Waals surface area contributed by atoms with Crippen LogP contribution in [0.25, 0.3) is 0 Å². The van der Waals surface area contributed by atoms with Crippen molar-refractivity contribution in [3.05, 3.63) is 33.8 Å². The van der Waals surface area contributed by atoms with E-state index in [1.54, 1.807) is 11.8 Å². The van der Waals surface area contributed by atoms with E-state index in [-0.39, 0.29) is 13.1 Å². The minimum atomic E-state index is -0.423. The van der Waals surface area contributed by atoms with Crippen LogP contribution in [-0.4, -0.2) is 54.6 Å². The fourth-order valence-corrected chi connectivity index (χ4v) is 2.54. The molecule has 0 amide bonds. The Balaban J connectivity index is 2.32. The number of thioether (sulfide) groups is 1. The van der Waals surface area contributed by atoms with Crippen LogP contribution in [0, 0.1) is 22.5 Å². The van der Waals surface area contributed by atoms with E-state index in [9.17, 15) is 10.1 Å². The van der Waals surface area contributed by atoms with Crippen molar-refractivity contribution in [1.82, 2.24) is 10.2 Å². The first-order valence-corrected chi connectivity index (χ1v) is 8.87. The summed E-state index contributed by atoms with van der Waals surface area (Å²) in [4.78, 5) is 16.5. The zero-order valence-electron chi connectivity index (χ0n) is 14.2. The van der Waals surface area contributed by atoms with Crippen LogP contribution in [0.1, 0.15) is 18.4 Å². The summed E-state index contributed by atoms with van der Waals surface area (Å²) in [6.07, 6.45) is 5.13. The van der Waals surface area contributed by atoms with E-state index in [2.05, 4.69) is 28.1 Å². The van der Waals surface area contributed by atoms with Crippen molar-refractivity contribution in [2.24, 2.45) is 4.99 Å². The van der Waals surface area contributed by atoms with Gasteiger partial charge in [0.15, 0.2) is 5.84 Å². The summed E-state index contributed by atoms with van der Waals surface area (Å²) in [7, 11) is 2.05. The minimum Gasteiger partial charge on any atom is -0.464 e. The monoisotopic (exact) mass is 352 g/mol. The highest BCUT2D eigenvalue weighted by Gasteiger charge is 2.07. The Morgan fingerprint density at radius 2 is 2.29 bits per heavy atom. The second-order valence-electron chi connectivity index (χ2n) is 5.13. The Kier molecular flexibility index (Phi) is 9.65. The Bertz CT molecular complexity index is 580. The van der Waals surface area contributed by atoms with Gasteiger partial charge in [-0.05, 0) is 25.7 Å². The van der Waals surface area contributed by atoms with Gasteiger partial charge in [0.25, 0.3) is 6.54 Å². The molecule has 1 rings (SSSR count). The predicted molar refractivity (Wildman–Crippen MR) is 97.9 cm³/mol. The maximum atomic E-state index is 10.6. The Hall–Kier alpha value is -1.98. The fourth-order valence-electron chi connectivity index (χ4n) is 1.82. The van der Waals surface area contributed by atoms with Crippen LogP contribution < -0.4 is 5.32 Å². The summed E-state index contributed by atoms with van der Waals surface area (Å²) in [5.74, 6) is 6.10. The summed E-state index contributed by atoms with van der Waals surface area (Å²) < 4.78 is 5.77. The molecule has 132 valence electrons. The third kappa shape index (κ3) is 8.60. The van der Waals surface area contributed by atoms with Crippen molar-refractivity contribution in [2.45, 2.75) is 19.2 Å². The van der Waals surface area contributed by atoms with Gasteiger partial charge < -0.3 is 9.73 Å². The summed E-state index contributed by atoms with van der Waals surface area (Å²) in [5, 5.41) is 13.3. The lowest BCUT2D eigenvalue weighted by Crippen LogP contribution is -2.31. The second-order valence-corrected chi connectivity index (χ2v) is 6.23. The van der Waals surface area contributed by atoms with Gasteiger partial charge in [0, 0.05) is 10.7 Å². The largest absolute Gasteiger partial charge is 0.464 e. The molecule has 0 radical (unpaired) electrons. The van der Waals surface area contributed by atoms with E-state index in [4.69, 9.17) is 10.8 Å². The molecule has 8 heteroatoms. The maximum absolute atomic E-state index is 10.6. The van der Waals surface area contributed by atoms with E-state index in [1.807, 2.05) is 19.2 Å². The number of hydrogen-bond acceptors (Lipinski definition) is 6. The lowest BCUT2D eigenvalue weighted by Gasteiger charge is -2.10. The molecule has 0 aromatic carbocycles. The molecule has 0 atom stereocenters. The number of nitro groups is 1. The van der Waals surface area contributed by atoms with Crippen LogP contribution in [0.15, 0.2) is 21.5 Å². The van der Waals surface area contributed by atoms with Crippen molar-refractivity contribution >= 4 is 17.6 Å². The topological polar surface area (TPSA) is 83.9 Å². The predicted octanol–water partition coefficient (Wildman–Crippen LogP) is 1.86. The Labute approximate surface area is 147 Å². The van der Waals surface area contributed by atoms with Gasteiger partial charge in [-0.25, -0.2) is 0 Å². The summed E-state index contributed by atoms with van der Waals surface area (Å²) in [5.41, 5.74) is 0. The minimum absolute atomic E-state index is 0.237. The molecule has 0 aliphatic heterocycles.